The number of aryl methyl sites for hydroxylation is 1. The van der Waals surface area contributed by atoms with Crippen LogP contribution in [0.3, 0.4) is 0 Å². The van der Waals surface area contributed by atoms with Crippen LogP contribution in [0.15, 0.2) is 35.0 Å². The SMILES string of the molecule is Cc1cc(NC(=O)C(C)SCC(=O)Nc2ccccn2)no1. The van der Waals surface area contributed by atoms with Gasteiger partial charge in [0, 0.05) is 12.3 Å². The fraction of sp³-hybridized carbons (Fsp3) is 0.286. The molecular weight excluding hydrogens is 304 g/mol. The Kier molecular flexibility index (Phi) is 5.54. The standard InChI is InChI=1S/C14H16N4O3S/c1-9-7-12(18-21-9)17-14(20)10(2)22-8-13(19)16-11-5-3-4-6-15-11/h3-7,10H,8H2,1-2H3,(H,15,16,19)(H,17,18,20). The van der Waals surface area contributed by atoms with Crippen LogP contribution >= 0.6 is 11.8 Å². The van der Waals surface area contributed by atoms with Gasteiger partial charge in [-0.2, -0.15) is 0 Å². The molecule has 2 N–H and O–H groups in total. The van der Waals surface area contributed by atoms with E-state index in [2.05, 4.69) is 20.8 Å². The molecule has 1 atom stereocenters. The number of rotatable bonds is 6. The van der Waals surface area contributed by atoms with Crippen molar-refractivity contribution in [1.29, 1.82) is 0 Å². The summed E-state index contributed by atoms with van der Waals surface area (Å²) in [5.41, 5.74) is 0. The van der Waals surface area contributed by atoms with Crippen LogP contribution in [0, 0.1) is 6.92 Å². The van der Waals surface area contributed by atoms with E-state index < -0.39 is 5.25 Å². The van der Waals surface area contributed by atoms with Gasteiger partial charge in [0.1, 0.15) is 11.6 Å². The van der Waals surface area contributed by atoms with E-state index in [0.717, 1.165) is 0 Å². The van der Waals surface area contributed by atoms with E-state index in [9.17, 15) is 9.59 Å². The number of carbonyl (C=O) groups excluding carboxylic acids is 2. The van der Waals surface area contributed by atoms with E-state index in [-0.39, 0.29) is 17.6 Å². The molecule has 2 aromatic rings. The summed E-state index contributed by atoms with van der Waals surface area (Å²) in [7, 11) is 0. The highest BCUT2D eigenvalue weighted by Gasteiger charge is 2.16. The first-order valence-electron chi connectivity index (χ1n) is 6.61. The van der Waals surface area contributed by atoms with Gasteiger partial charge in [-0.3, -0.25) is 9.59 Å². The highest BCUT2D eigenvalue weighted by Crippen LogP contribution is 2.14. The van der Waals surface area contributed by atoms with Crippen LogP contribution < -0.4 is 10.6 Å². The van der Waals surface area contributed by atoms with Crippen molar-refractivity contribution in [3.05, 3.63) is 36.2 Å². The van der Waals surface area contributed by atoms with Crippen molar-refractivity contribution in [3.63, 3.8) is 0 Å². The highest BCUT2D eigenvalue weighted by molar-refractivity contribution is 8.01. The van der Waals surface area contributed by atoms with Gasteiger partial charge in [-0.25, -0.2) is 4.98 Å². The monoisotopic (exact) mass is 320 g/mol. The molecule has 22 heavy (non-hydrogen) atoms. The number of anilines is 2. The van der Waals surface area contributed by atoms with Crippen molar-refractivity contribution in [2.75, 3.05) is 16.4 Å². The quantitative estimate of drug-likeness (QED) is 0.846. The molecule has 0 saturated carbocycles. The maximum absolute atomic E-state index is 11.9. The average molecular weight is 320 g/mol. The van der Waals surface area contributed by atoms with Crippen molar-refractivity contribution in [2.24, 2.45) is 0 Å². The minimum atomic E-state index is -0.397. The lowest BCUT2D eigenvalue weighted by atomic mass is 10.4. The lowest BCUT2D eigenvalue weighted by Crippen LogP contribution is -2.25. The molecule has 2 amide bonds. The number of amides is 2. The van der Waals surface area contributed by atoms with Gasteiger partial charge in [-0.1, -0.05) is 11.2 Å². The molecule has 2 aromatic heterocycles. The van der Waals surface area contributed by atoms with Crippen molar-refractivity contribution >= 4 is 35.2 Å². The van der Waals surface area contributed by atoms with Gasteiger partial charge in [0.2, 0.25) is 11.8 Å². The van der Waals surface area contributed by atoms with Gasteiger partial charge in [-0.05, 0) is 26.0 Å². The molecule has 0 radical (unpaired) electrons. The minimum Gasteiger partial charge on any atom is -0.360 e. The zero-order valence-corrected chi connectivity index (χ0v) is 13.0. The Morgan fingerprint density at radius 3 is 2.77 bits per heavy atom. The topological polar surface area (TPSA) is 97.1 Å². The van der Waals surface area contributed by atoms with Crippen LogP contribution in [0.4, 0.5) is 11.6 Å². The first kappa shape index (κ1) is 16.0. The Morgan fingerprint density at radius 2 is 2.14 bits per heavy atom. The van der Waals surface area contributed by atoms with E-state index in [1.54, 1.807) is 44.3 Å². The summed E-state index contributed by atoms with van der Waals surface area (Å²) in [5, 5.41) is 8.58. The summed E-state index contributed by atoms with van der Waals surface area (Å²) < 4.78 is 4.87. The van der Waals surface area contributed by atoms with Gasteiger partial charge in [0.25, 0.3) is 0 Å². The summed E-state index contributed by atoms with van der Waals surface area (Å²) in [6, 6.07) is 6.88. The van der Waals surface area contributed by atoms with Gasteiger partial charge in [-0.15, -0.1) is 11.8 Å². The van der Waals surface area contributed by atoms with Crippen LogP contribution in [0.2, 0.25) is 0 Å². The highest BCUT2D eigenvalue weighted by atomic mass is 32.2. The Labute approximate surface area is 131 Å². The summed E-state index contributed by atoms with van der Waals surface area (Å²) in [4.78, 5) is 27.7. The Hall–Kier alpha value is -2.35. The van der Waals surface area contributed by atoms with Gasteiger partial charge < -0.3 is 15.2 Å². The Balaban J connectivity index is 1.75. The predicted octanol–water partition coefficient (Wildman–Crippen LogP) is 2.08. The first-order valence-corrected chi connectivity index (χ1v) is 7.66. The minimum absolute atomic E-state index is 0.156. The van der Waals surface area contributed by atoms with E-state index in [4.69, 9.17) is 4.52 Å². The molecule has 2 rings (SSSR count). The number of nitrogens with one attached hydrogen (secondary N) is 2. The number of pyridine rings is 1. The Morgan fingerprint density at radius 1 is 1.32 bits per heavy atom. The van der Waals surface area contributed by atoms with Crippen LogP contribution in [-0.4, -0.2) is 33.0 Å². The maximum Gasteiger partial charge on any atom is 0.238 e. The molecule has 0 aliphatic rings. The molecule has 0 saturated heterocycles. The fourth-order valence-corrected chi connectivity index (χ4v) is 2.23. The molecule has 7 nitrogen and oxygen atoms in total. The third-order valence-corrected chi connectivity index (χ3v) is 3.79. The molecule has 8 heteroatoms. The lowest BCUT2D eigenvalue weighted by Gasteiger charge is -2.10. The second-order valence-corrected chi connectivity index (χ2v) is 5.86. The third-order valence-electron chi connectivity index (χ3n) is 2.65. The molecule has 0 spiro atoms. The van der Waals surface area contributed by atoms with Crippen molar-refractivity contribution < 1.29 is 14.1 Å². The zero-order chi connectivity index (χ0) is 15.9. The van der Waals surface area contributed by atoms with E-state index >= 15 is 0 Å². The fourth-order valence-electron chi connectivity index (χ4n) is 1.55. The number of hydrogen-bond acceptors (Lipinski definition) is 6. The number of hydrogen-bond donors (Lipinski definition) is 2. The van der Waals surface area contributed by atoms with Crippen LogP contribution in [0.1, 0.15) is 12.7 Å². The largest absolute Gasteiger partial charge is 0.360 e. The van der Waals surface area contributed by atoms with E-state index in [1.807, 2.05) is 0 Å². The molecule has 2 heterocycles. The Bertz CT molecular complexity index is 645. The number of thioether (sulfide) groups is 1. The third kappa shape index (κ3) is 4.88. The second-order valence-electron chi connectivity index (χ2n) is 4.53. The van der Waals surface area contributed by atoms with Crippen LogP contribution in [-0.2, 0) is 9.59 Å². The number of carbonyl (C=O) groups is 2. The molecule has 1 unspecified atom stereocenters. The number of nitrogens with zero attached hydrogens (tertiary/aromatic N) is 2. The summed E-state index contributed by atoms with van der Waals surface area (Å²) >= 11 is 1.23. The molecular formula is C14H16N4O3S. The molecule has 0 aliphatic heterocycles. The zero-order valence-electron chi connectivity index (χ0n) is 12.2. The van der Waals surface area contributed by atoms with Crippen LogP contribution in [0.5, 0.6) is 0 Å². The van der Waals surface area contributed by atoms with Gasteiger partial charge in [0.15, 0.2) is 5.82 Å². The van der Waals surface area contributed by atoms with Gasteiger partial charge >= 0.3 is 0 Å². The number of aromatic nitrogens is 2. The van der Waals surface area contributed by atoms with Crippen molar-refractivity contribution in [2.45, 2.75) is 19.1 Å². The predicted molar refractivity (Wildman–Crippen MR) is 84.7 cm³/mol. The van der Waals surface area contributed by atoms with E-state index in [0.29, 0.717) is 17.4 Å². The maximum atomic E-state index is 11.9. The second kappa shape index (κ2) is 7.60. The van der Waals surface area contributed by atoms with E-state index in [1.165, 1.54) is 11.8 Å². The van der Waals surface area contributed by atoms with Crippen LogP contribution in [0.25, 0.3) is 0 Å². The molecule has 0 aliphatic carbocycles. The summed E-state index contributed by atoms with van der Waals surface area (Å²) in [6.45, 7) is 3.46. The summed E-state index contributed by atoms with van der Waals surface area (Å²) in [6.07, 6.45) is 1.60. The first-order chi connectivity index (χ1) is 10.5. The average Bonchev–Trinajstić information content (AvgIpc) is 2.91. The van der Waals surface area contributed by atoms with Crippen molar-refractivity contribution in [1.82, 2.24) is 10.1 Å². The van der Waals surface area contributed by atoms with Crippen molar-refractivity contribution in [3.8, 4) is 0 Å². The molecule has 0 fully saturated rings. The molecule has 0 bridgehead atoms. The molecule has 0 aromatic carbocycles. The summed E-state index contributed by atoms with van der Waals surface area (Å²) in [5.74, 6) is 1.19. The normalized spacial score (nSPS) is 11.7. The lowest BCUT2D eigenvalue weighted by molar-refractivity contribution is -0.115. The van der Waals surface area contributed by atoms with Gasteiger partial charge in [0.05, 0.1) is 11.0 Å². The smallest absolute Gasteiger partial charge is 0.238 e. The molecule has 116 valence electrons.